The maximum atomic E-state index is 15.7. The van der Waals surface area contributed by atoms with Crippen molar-refractivity contribution >= 4 is 22.9 Å². The highest BCUT2D eigenvalue weighted by Gasteiger charge is 2.42. The zero-order valence-corrected chi connectivity index (χ0v) is 21.8. The zero-order chi connectivity index (χ0) is 27.8. The van der Waals surface area contributed by atoms with E-state index in [-0.39, 0.29) is 25.2 Å². The minimum Gasteiger partial charge on any atom is -0.472 e. The molecule has 0 N–H and O–H groups in total. The summed E-state index contributed by atoms with van der Waals surface area (Å²) >= 11 is 0. The van der Waals surface area contributed by atoms with Crippen molar-refractivity contribution in [3.8, 4) is 17.0 Å². The van der Waals surface area contributed by atoms with E-state index in [1.807, 2.05) is 0 Å². The second-order valence-corrected chi connectivity index (χ2v) is 9.37. The molecule has 1 aliphatic heterocycles. The number of carbonyl (C=O) groups is 1. The van der Waals surface area contributed by atoms with Gasteiger partial charge in [0.15, 0.2) is 6.23 Å². The van der Waals surface area contributed by atoms with E-state index in [0.717, 1.165) is 19.3 Å². The zero-order valence-electron chi connectivity index (χ0n) is 21.8. The van der Waals surface area contributed by atoms with Crippen molar-refractivity contribution in [3.63, 3.8) is 0 Å². The topological polar surface area (TPSA) is 74.4 Å². The van der Waals surface area contributed by atoms with Crippen LogP contribution in [0, 0.1) is 12.7 Å². The fourth-order valence-corrected chi connectivity index (χ4v) is 4.84. The van der Waals surface area contributed by atoms with Gasteiger partial charge in [0.05, 0.1) is 23.5 Å². The molecule has 0 radical (unpaired) electrons. The third-order valence-corrected chi connectivity index (χ3v) is 6.57. The first-order valence-corrected chi connectivity index (χ1v) is 12.5. The first kappa shape index (κ1) is 27.6. The number of rotatable bonds is 8. The maximum absolute atomic E-state index is 15.7. The molecule has 0 spiro atoms. The molecule has 8 nitrogen and oxygen atoms in total. The summed E-state index contributed by atoms with van der Waals surface area (Å²) in [6.45, 7) is 8.73. The summed E-state index contributed by atoms with van der Waals surface area (Å²) in [6, 6.07) is 3.14. The van der Waals surface area contributed by atoms with Crippen LogP contribution in [0.3, 0.4) is 0 Å². The molecule has 2 aromatic heterocycles. The number of aryl methyl sites for hydroxylation is 2. The fourth-order valence-electron chi connectivity index (χ4n) is 4.84. The van der Waals surface area contributed by atoms with Gasteiger partial charge in [-0.1, -0.05) is 6.58 Å². The molecule has 2 atom stereocenters. The standard InChI is InChI=1S/C26H31F4N5O3/c1-6-20-18-12-17(13-19(27)23(18)35(32-20)21-10-8-9-11-37-21)22-16(4)31-33(5)24(22)38-15(3)14-34(7-2)25(36)26(28,29)30/h6,12-13,15,21H,1,7-11,14H2,2-5H3/t15-,21?/m0/s1. The predicted molar refractivity (Wildman–Crippen MR) is 134 cm³/mol. The van der Waals surface area contributed by atoms with Gasteiger partial charge >= 0.3 is 12.1 Å². The number of ether oxygens (including phenoxy) is 2. The molecule has 4 rings (SSSR count). The van der Waals surface area contributed by atoms with Crippen molar-refractivity contribution in [2.75, 3.05) is 19.7 Å². The molecule has 1 unspecified atom stereocenters. The van der Waals surface area contributed by atoms with Crippen LogP contribution >= 0.6 is 0 Å². The molecular weight excluding hydrogens is 506 g/mol. The molecule has 38 heavy (non-hydrogen) atoms. The van der Waals surface area contributed by atoms with Crippen LogP contribution in [0.2, 0.25) is 0 Å². The van der Waals surface area contributed by atoms with E-state index in [9.17, 15) is 18.0 Å². The molecule has 0 bridgehead atoms. The number of likely N-dealkylation sites (N-methyl/N-ethyl adjacent to an activating group) is 1. The Morgan fingerprint density at radius 1 is 1.34 bits per heavy atom. The van der Waals surface area contributed by atoms with E-state index in [0.29, 0.717) is 44.9 Å². The molecule has 1 fully saturated rings. The summed E-state index contributed by atoms with van der Waals surface area (Å²) in [5, 5.41) is 9.49. The van der Waals surface area contributed by atoms with Crippen LogP contribution in [0.5, 0.6) is 5.88 Å². The van der Waals surface area contributed by atoms with Crippen LogP contribution in [-0.4, -0.2) is 62.3 Å². The van der Waals surface area contributed by atoms with Crippen molar-refractivity contribution in [2.24, 2.45) is 7.05 Å². The van der Waals surface area contributed by atoms with Gasteiger partial charge in [-0.3, -0.25) is 4.79 Å². The quantitative estimate of drug-likeness (QED) is 0.360. The fraction of sp³-hybridized carbons (Fsp3) is 0.500. The molecule has 0 aliphatic carbocycles. The number of hydrogen-bond acceptors (Lipinski definition) is 5. The Kier molecular flexibility index (Phi) is 7.82. The average Bonchev–Trinajstić information content (AvgIpc) is 3.38. The highest BCUT2D eigenvalue weighted by molar-refractivity contribution is 5.92. The molecule has 206 valence electrons. The third-order valence-electron chi connectivity index (χ3n) is 6.57. The van der Waals surface area contributed by atoms with E-state index in [1.165, 1.54) is 17.7 Å². The van der Waals surface area contributed by atoms with Gasteiger partial charge in [-0.25, -0.2) is 13.8 Å². The van der Waals surface area contributed by atoms with E-state index < -0.39 is 24.0 Å². The number of fused-ring (bicyclic) bond motifs is 1. The molecule has 1 saturated heterocycles. The van der Waals surface area contributed by atoms with Gasteiger partial charge in [0.2, 0.25) is 5.88 Å². The third kappa shape index (κ3) is 5.27. The Labute approximate surface area is 217 Å². The predicted octanol–water partition coefficient (Wildman–Crippen LogP) is 5.40. The minimum atomic E-state index is -4.98. The van der Waals surface area contributed by atoms with Crippen molar-refractivity contribution in [3.05, 3.63) is 35.9 Å². The van der Waals surface area contributed by atoms with Crippen molar-refractivity contribution < 1.29 is 31.8 Å². The average molecular weight is 538 g/mol. The largest absolute Gasteiger partial charge is 0.472 e. The number of alkyl halides is 3. The van der Waals surface area contributed by atoms with E-state index >= 15 is 4.39 Å². The van der Waals surface area contributed by atoms with Gasteiger partial charge in [-0.15, -0.1) is 0 Å². The highest BCUT2D eigenvalue weighted by Crippen LogP contribution is 2.38. The summed E-state index contributed by atoms with van der Waals surface area (Å²) in [7, 11) is 1.62. The Bertz CT molecular complexity index is 1340. The second-order valence-electron chi connectivity index (χ2n) is 9.37. The van der Waals surface area contributed by atoms with Crippen LogP contribution in [-0.2, 0) is 16.6 Å². The number of nitrogens with zero attached hydrogens (tertiary/aromatic N) is 5. The first-order chi connectivity index (χ1) is 18.0. The van der Waals surface area contributed by atoms with Gasteiger partial charge in [-0.05, 0) is 63.8 Å². The normalized spacial score (nSPS) is 17.0. The number of aromatic nitrogens is 4. The Morgan fingerprint density at radius 3 is 2.68 bits per heavy atom. The summed E-state index contributed by atoms with van der Waals surface area (Å²) in [5.41, 5.74) is 2.29. The molecule has 3 aromatic rings. The van der Waals surface area contributed by atoms with Gasteiger partial charge in [-0.2, -0.15) is 23.4 Å². The number of carbonyl (C=O) groups excluding carboxylic acids is 1. The Balaban J connectivity index is 1.71. The number of halogens is 4. The summed E-state index contributed by atoms with van der Waals surface area (Å²) in [5.74, 6) is -2.20. The summed E-state index contributed by atoms with van der Waals surface area (Å²) in [4.78, 5) is 12.4. The minimum absolute atomic E-state index is 0.135. The monoisotopic (exact) mass is 537 g/mol. The molecule has 1 amide bonds. The maximum Gasteiger partial charge on any atom is 0.471 e. The number of hydrogen-bond donors (Lipinski definition) is 0. The first-order valence-electron chi connectivity index (χ1n) is 12.5. The summed E-state index contributed by atoms with van der Waals surface area (Å²) in [6.07, 6.45) is -1.99. The van der Waals surface area contributed by atoms with Gasteiger partial charge < -0.3 is 14.4 Å². The molecule has 1 aromatic carbocycles. The van der Waals surface area contributed by atoms with Gasteiger partial charge in [0.25, 0.3) is 0 Å². The SMILES string of the molecule is C=Cc1nn(C2CCCCO2)c2c(F)cc(-c3c(C)nn(C)c3O[C@@H](C)CN(CC)C(=O)C(F)(F)F)cc12. The Hall–Kier alpha value is -3.41. The smallest absolute Gasteiger partial charge is 0.471 e. The van der Waals surface area contributed by atoms with Crippen molar-refractivity contribution in [1.82, 2.24) is 24.5 Å². The number of benzene rings is 1. The van der Waals surface area contributed by atoms with Crippen LogP contribution in [0.1, 0.15) is 50.7 Å². The van der Waals surface area contributed by atoms with Crippen LogP contribution in [0.25, 0.3) is 28.1 Å². The molecule has 12 heteroatoms. The highest BCUT2D eigenvalue weighted by atomic mass is 19.4. The van der Waals surface area contributed by atoms with E-state index in [4.69, 9.17) is 9.47 Å². The lowest BCUT2D eigenvalue weighted by Crippen LogP contribution is -2.45. The second kappa shape index (κ2) is 10.8. The summed E-state index contributed by atoms with van der Waals surface area (Å²) < 4.78 is 69.4. The van der Waals surface area contributed by atoms with E-state index in [1.54, 1.807) is 37.7 Å². The van der Waals surface area contributed by atoms with Crippen LogP contribution in [0.15, 0.2) is 18.7 Å². The lowest BCUT2D eigenvalue weighted by Gasteiger charge is -2.26. The van der Waals surface area contributed by atoms with Crippen molar-refractivity contribution in [2.45, 2.75) is 58.5 Å². The number of amides is 1. The molecular formula is C26H31F4N5O3. The van der Waals surface area contributed by atoms with Gasteiger partial charge in [0, 0.05) is 25.6 Å². The molecule has 3 heterocycles. The van der Waals surface area contributed by atoms with Gasteiger partial charge in [0.1, 0.15) is 17.4 Å². The lowest BCUT2D eigenvalue weighted by molar-refractivity contribution is -0.186. The lowest BCUT2D eigenvalue weighted by atomic mass is 10.0. The van der Waals surface area contributed by atoms with Crippen LogP contribution in [0.4, 0.5) is 17.6 Å². The van der Waals surface area contributed by atoms with E-state index in [2.05, 4.69) is 16.8 Å². The molecule has 1 aliphatic rings. The van der Waals surface area contributed by atoms with Crippen molar-refractivity contribution in [1.29, 1.82) is 0 Å². The molecule has 0 saturated carbocycles. The van der Waals surface area contributed by atoms with Crippen LogP contribution < -0.4 is 4.74 Å². The Morgan fingerprint density at radius 2 is 2.08 bits per heavy atom.